The van der Waals surface area contributed by atoms with Crippen LogP contribution < -0.4 is 5.32 Å². The lowest BCUT2D eigenvalue weighted by molar-refractivity contribution is 0.226. The first-order chi connectivity index (χ1) is 7.25. The van der Waals surface area contributed by atoms with Crippen molar-refractivity contribution in [2.75, 3.05) is 20.1 Å². The molecule has 1 fully saturated rings. The predicted molar refractivity (Wildman–Crippen MR) is 64.2 cm³/mol. The smallest absolute Gasteiger partial charge is 0.109 e. The third-order valence-corrected chi connectivity index (χ3v) is 3.98. The van der Waals surface area contributed by atoms with Gasteiger partial charge in [0.1, 0.15) is 5.01 Å². The fraction of sp³-hybridized carbons (Fsp3) is 0.727. The van der Waals surface area contributed by atoms with Crippen LogP contribution in [0.4, 0.5) is 0 Å². The summed E-state index contributed by atoms with van der Waals surface area (Å²) >= 11 is 1.74. The minimum absolute atomic E-state index is 0.401. The van der Waals surface area contributed by atoms with E-state index in [0.29, 0.717) is 12.1 Å². The van der Waals surface area contributed by atoms with E-state index in [1.165, 1.54) is 30.9 Å². The Kier molecular flexibility index (Phi) is 3.72. The molecule has 1 aliphatic rings. The summed E-state index contributed by atoms with van der Waals surface area (Å²) in [7, 11) is 2.19. The van der Waals surface area contributed by atoms with E-state index in [4.69, 9.17) is 0 Å². The van der Waals surface area contributed by atoms with E-state index in [1.54, 1.807) is 11.3 Å². The van der Waals surface area contributed by atoms with E-state index in [-0.39, 0.29) is 0 Å². The number of hydrogen-bond donors (Lipinski definition) is 1. The normalized spacial score (nSPS) is 21.7. The highest BCUT2D eigenvalue weighted by Crippen LogP contribution is 2.18. The van der Waals surface area contributed by atoms with Gasteiger partial charge in [0.2, 0.25) is 0 Å². The van der Waals surface area contributed by atoms with Crippen LogP contribution >= 0.6 is 11.3 Å². The number of rotatable bonds is 3. The lowest BCUT2D eigenvalue weighted by atomic mass is 10.0. The van der Waals surface area contributed by atoms with Gasteiger partial charge in [-0.25, -0.2) is 4.98 Å². The molecule has 4 heteroatoms. The van der Waals surface area contributed by atoms with Crippen molar-refractivity contribution in [1.29, 1.82) is 0 Å². The first kappa shape index (κ1) is 11.0. The van der Waals surface area contributed by atoms with Crippen LogP contribution in [0.5, 0.6) is 0 Å². The second kappa shape index (κ2) is 5.05. The minimum atomic E-state index is 0.401. The number of thiazole rings is 1. The highest BCUT2D eigenvalue weighted by Gasteiger charge is 2.19. The van der Waals surface area contributed by atoms with Crippen molar-refractivity contribution in [2.24, 2.45) is 0 Å². The van der Waals surface area contributed by atoms with Crippen LogP contribution in [0.25, 0.3) is 0 Å². The van der Waals surface area contributed by atoms with Gasteiger partial charge in [0.25, 0.3) is 0 Å². The monoisotopic (exact) mass is 225 g/mol. The maximum absolute atomic E-state index is 4.34. The van der Waals surface area contributed by atoms with Crippen LogP contribution in [0.3, 0.4) is 0 Å². The van der Waals surface area contributed by atoms with Gasteiger partial charge in [-0.3, -0.25) is 0 Å². The Morgan fingerprint density at radius 2 is 2.27 bits per heavy atom. The van der Waals surface area contributed by atoms with Gasteiger partial charge >= 0.3 is 0 Å². The Labute approximate surface area is 95.5 Å². The Bertz CT molecular complexity index is 278. The van der Waals surface area contributed by atoms with Crippen molar-refractivity contribution in [2.45, 2.75) is 31.8 Å². The molecule has 15 heavy (non-hydrogen) atoms. The van der Waals surface area contributed by atoms with E-state index < -0.39 is 0 Å². The van der Waals surface area contributed by atoms with Crippen molar-refractivity contribution in [1.82, 2.24) is 15.2 Å². The molecule has 0 amide bonds. The fourth-order valence-electron chi connectivity index (χ4n) is 2.05. The first-order valence-electron chi connectivity index (χ1n) is 5.59. The van der Waals surface area contributed by atoms with Gasteiger partial charge in [-0.05, 0) is 39.9 Å². The molecule has 3 nitrogen and oxygen atoms in total. The zero-order chi connectivity index (χ0) is 10.7. The summed E-state index contributed by atoms with van der Waals surface area (Å²) in [5, 5.41) is 6.91. The topological polar surface area (TPSA) is 28.2 Å². The van der Waals surface area contributed by atoms with Crippen molar-refractivity contribution in [3.8, 4) is 0 Å². The molecule has 1 aliphatic heterocycles. The molecule has 0 radical (unpaired) electrons. The second-order valence-corrected chi connectivity index (χ2v) is 5.26. The van der Waals surface area contributed by atoms with Gasteiger partial charge in [0.05, 0.1) is 6.04 Å². The zero-order valence-electron chi connectivity index (χ0n) is 9.44. The standard InChI is InChI=1S/C11H19N3S/c1-9(11-12-5-8-15-11)13-10-3-6-14(2)7-4-10/h5,8-10,13H,3-4,6-7H2,1-2H3/t9-/m0/s1. The Hall–Kier alpha value is -0.450. The average Bonchev–Trinajstić information content (AvgIpc) is 2.74. The summed E-state index contributed by atoms with van der Waals surface area (Å²) in [6, 6.07) is 1.07. The third kappa shape index (κ3) is 3.00. The van der Waals surface area contributed by atoms with Gasteiger partial charge < -0.3 is 10.2 Å². The van der Waals surface area contributed by atoms with Gasteiger partial charge in [-0.15, -0.1) is 11.3 Å². The number of nitrogens with one attached hydrogen (secondary N) is 1. The summed E-state index contributed by atoms with van der Waals surface area (Å²) in [5.41, 5.74) is 0. The Balaban J connectivity index is 1.82. The van der Waals surface area contributed by atoms with Crippen molar-refractivity contribution < 1.29 is 0 Å². The summed E-state index contributed by atoms with van der Waals surface area (Å²) in [6.45, 7) is 4.63. The maximum atomic E-state index is 4.34. The molecule has 0 bridgehead atoms. The van der Waals surface area contributed by atoms with E-state index in [1.807, 2.05) is 11.6 Å². The van der Waals surface area contributed by atoms with Crippen LogP contribution in [-0.4, -0.2) is 36.1 Å². The SMILES string of the molecule is C[C@H](NC1CCN(C)CC1)c1nccs1. The van der Waals surface area contributed by atoms with E-state index in [9.17, 15) is 0 Å². The van der Waals surface area contributed by atoms with Crippen LogP contribution in [0.2, 0.25) is 0 Å². The number of likely N-dealkylation sites (tertiary alicyclic amines) is 1. The minimum Gasteiger partial charge on any atom is -0.306 e. The van der Waals surface area contributed by atoms with Crippen LogP contribution in [0.15, 0.2) is 11.6 Å². The molecular formula is C11H19N3S. The molecule has 0 aliphatic carbocycles. The molecule has 1 atom stereocenters. The van der Waals surface area contributed by atoms with E-state index in [0.717, 1.165) is 0 Å². The van der Waals surface area contributed by atoms with Crippen molar-refractivity contribution >= 4 is 11.3 Å². The van der Waals surface area contributed by atoms with Gasteiger partial charge in [0, 0.05) is 17.6 Å². The molecule has 1 saturated heterocycles. The lowest BCUT2D eigenvalue weighted by Crippen LogP contribution is -2.41. The molecule has 84 valence electrons. The van der Waals surface area contributed by atoms with Gasteiger partial charge in [-0.1, -0.05) is 0 Å². The molecule has 0 aromatic carbocycles. The maximum Gasteiger partial charge on any atom is 0.109 e. The quantitative estimate of drug-likeness (QED) is 0.851. The molecule has 1 aromatic heterocycles. The molecule has 1 N–H and O–H groups in total. The number of aromatic nitrogens is 1. The second-order valence-electron chi connectivity index (χ2n) is 4.34. The summed E-state index contributed by atoms with van der Waals surface area (Å²) in [4.78, 5) is 6.74. The van der Waals surface area contributed by atoms with E-state index in [2.05, 4.69) is 29.2 Å². The fourth-order valence-corrected chi connectivity index (χ4v) is 2.70. The molecule has 2 rings (SSSR count). The third-order valence-electron chi connectivity index (χ3n) is 3.03. The van der Waals surface area contributed by atoms with Crippen LogP contribution in [0, 0.1) is 0 Å². The lowest BCUT2D eigenvalue weighted by Gasteiger charge is -2.31. The largest absolute Gasteiger partial charge is 0.306 e. The van der Waals surface area contributed by atoms with Crippen LogP contribution in [0.1, 0.15) is 30.8 Å². The molecular weight excluding hydrogens is 206 g/mol. The average molecular weight is 225 g/mol. The highest BCUT2D eigenvalue weighted by atomic mass is 32.1. The molecule has 2 heterocycles. The Morgan fingerprint density at radius 1 is 1.53 bits per heavy atom. The summed E-state index contributed by atoms with van der Waals surface area (Å²) < 4.78 is 0. The molecule has 0 spiro atoms. The summed E-state index contributed by atoms with van der Waals surface area (Å²) in [5.74, 6) is 0. The first-order valence-corrected chi connectivity index (χ1v) is 6.47. The number of nitrogens with zero attached hydrogens (tertiary/aromatic N) is 2. The molecule has 1 aromatic rings. The number of hydrogen-bond acceptors (Lipinski definition) is 4. The van der Waals surface area contributed by atoms with Crippen molar-refractivity contribution in [3.05, 3.63) is 16.6 Å². The van der Waals surface area contributed by atoms with Crippen molar-refractivity contribution in [3.63, 3.8) is 0 Å². The Morgan fingerprint density at radius 3 is 2.87 bits per heavy atom. The zero-order valence-corrected chi connectivity index (χ0v) is 10.3. The highest BCUT2D eigenvalue weighted by molar-refractivity contribution is 7.09. The summed E-state index contributed by atoms with van der Waals surface area (Å²) in [6.07, 6.45) is 4.39. The molecule has 0 unspecified atom stereocenters. The number of piperidine rings is 1. The van der Waals surface area contributed by atoms with Gasteiger partial charge in [-0.2, -0.15) is 0 Å². The predicted octanol–water partition coefficient (Wildman–Crippen LogP) is 1.89. The van der Waals surface area contributed by atoms with E-state index >= 15 is 0 Å². The van der Waals surface area contributed by atoms with Crippen LogP contribution in [-0.2, 0) is 0 Å². The molecule has 0 saturated carbocycles. The van der Waals surface area contributed by atoms with Gasteiger partial charge in [0.15, 0.2) is 0 Å².